The van der Waals surface area contributed by atoms with Crippen LogP contribution in [-0.4, -0.2) is 32.5 Å². The molecule has 10 nitrogen and oxygen atoms in total. The first-order chi connectivity index (χ1) is 16.8. The first kappa shape index (κ1) is 23.4. The van der Waals surface area contributed by atoms with Crippen LogP contribution in [0.15, 0.2) is 64.2 Å². The average molecular weight is 479 g/mol. The number of benzene rings is 1. The molecule has 4 aromatic rings. The number of pyridine rings is 2. The predicted octanol–water partition coefficient (Wildman–Crippen LogP) is 2.27. The van der Waals surface area contributed by atoms with Crippen LogP contribution >= 0.6 is 0 Å². The normalized spacial score (nSPS) is 12.0. The Hall–Kier alpha value is -4.79. The molecule has 0 fully saturated rings. The van der Waals surface area contributed by atoms with E-state index in [4.69, 9.17) is 10.3 Å². The molecule has 0 unspecified atom stereocenters. The molecule has 0 aliphatic heterocycles. The molecule has 0 spiro atoms. The Morgan fingerprint density at radius 3 is 2.86 bits per heavy atom. The number of nitrogen functional groups attached to an aromatic ring is 1. The SMILES string of the molecule is N#Cc1ccc(=NCC(F)(F)c2ccccn2)n(O)c1CC(=O)NCc1ccc2c(N)noc2c1. The summed E-state index contributed by atoms with van der Waals surface area (Å²) in [5.41, 5.74) is 6.06. The van der Waals surface area contributed by atoms with E-state index in [2.05, 4.69) is 20.4 Å². The fourth-order valence-corrected chi connectivity index (χ4v) is 3.34. The largest absolute Gasteiger partial charge is 0.427 e. The molecule has 178 valence electrons. The minimum atomic E-state index is -3.38. The highest BCUT2D eigenvalue weighted by Crippen LogP contribution is 2.26. The lowest BCUT2D eigenvalue weighted by Crippen LogP contribution is -2.31. The van der Waals surface area contributed by atoms with Crippen LogP contribution in [0.1, 0.15) is 22.5 Å². The molecule has 1 aromatic carbocycles. The van der Waals surface area contributed by atoms with Gasteiger partial charge in [0, 0.05) is 12.7 Å². The van der Waals surface area contributed by atoms with Gasteiger partial charge in [-0.3, -0.25) is 14.8 Å². The second-order valence-electron chi connectivity index (χ2n) is 7.56. The number of nitriles is 1. The van der Waals surface area contributed by atoms with Gasteiger partial charge >= 0.3 is 5.92 Å². The molecule has 0 radical (unpaired) electrons. The molecule has 0 atom stereocenters. The molecule has 12 heteroatoms. The number of anilines is 1. The molecule has 4 rings (SSSR count). The Bertz CT molecular complexity index is 1490. The summed E-state index contributed by atoms with van der Waals surface area (Å²) in [4.78, 5) is 19.9. The van der Waals surface area contributed by atoms with Crippen molar-refractivity contribution in [1.29, 1.82) is 5.26 Å². The van der Waals surface area contributed by atoms with E-state index in [-0.39, 0.29) is 29.1 Å². The fourth-order valence-electron chi connectivity index (χ4n) is 3.34. The molecule has 4 N–H and O–H groups in total. The number of fused-ring (bicyclic) bond motifs is 1. The number of hydrogen-bond acceptors (Lipinski definition) is 8. The van der Waals surface area contributed by atoms with Gasteiger partial charge in [-0.05, 0) is 42.0 Å². The number of halogens is 2. The van der Waals surface area contributed by atoms with Gasteiger partial charge in [-0.25, -0.2) is 0 Å². The number of amides is 1. The van der Waals surface area contributed by atoms with Crippen LogP contribution < -0.4 is 16.5 Å². The number of carbonyl (C=O) groups is 1. The molecular weight excluding hydrogens is 460 g/mol. The minimum Gasteiger partial charge on any atom is -0.427 e. The zero-order valence-corrected chi connectivity index (χ0v) is 18.2. The third-order valence-corrected chi connectivity index (χ3v) is 5.16. The van der Waals surface area contributed by atoms with Crippen LogP contribution in [0.4, 0.5) is 14.6 Å². The molecule has 0 aliphatic carbocycles. The van der Waals surface area contributed by atoms with Gasteiger partial charge < -0.3 is 20.8 Å². The Balaban J connectivity index is 1.50. The smallest absolute Gasteiger partial charge is 0.308 e. The molecule has 0 aliphatic rings. The van der Waals surface area contributed by atoms with Crippen molar-refractivity contribution < 1.29 is 23.3 Å². The Morgan fingerprint density at radius 2 is 2.11 bits per heavy atom. The standard InChI is InChI=1S/C23H19F2N7O3/c24-23(25,19-3-1-2-8-28-19)13-30-20-7-5-15(11-26)17(32(20)34)10-21(33)29-12-14-4-6-16-18(9-14)35-31-22(16)27/h1-9,34H,10,12-13H2,(H2,27,31)(H,29,33). The highest BCUT2D eigenvalue weighted by atomic mass is 19.3. The first-order valence-corrected chi connectivity index (χ1v) is 10.3. The van der Waals surface area contributed by atoms with Crippen molar-refractivity contribution in [2.45, 2.75) is 18.9 Å². The summed E-state index contributed by atoms with van der Waals surface area (Å²) < 4.78 is 34.4. The Morgan fingerprint density at radius 1 is 1.29 bits per heavy atom. The van der Waals surface area contributed by atoms with E-state index in [0.29, 0.717) is 21.3 Å². The lowest BCUT2D eigenvalue weighted by molar-refractivity contribution is -0.120. The topological polar surface area (TPSA) is 155 Å². The van der Waals surface area contributed by atoms with Crippen LogP contribution in [-0.2, 0) is 23.7 Å². The molecule has 1 amide bonds. The zero-order chi connectivity index (χ0) is 25.0. The molecule has 3 heterocycles. The van der Waals surface area contributed by atoms with Gasteiger partial charge in [0.2, 0.25) is 5.91 Å². The summed E-state index contributed by atoms with van der Waals surface area (Å²) in [6.07, 6.45) is 0.851. The van der Waals surface area contributed by atoms with Gasteiger partial charge in [0.1, 0.15) is 18.3 Å². The van der Waals surface area contributed by atoms with E-state index in [9.17, 15) is 24.0 Å². The molecule has 0 bridgehead atoms. The fraction of sp³-hybridized carbons (Fsp3) is 0.174. The highest BCUT2D eigenvalue weighted by Gasteiger charge is 2.32. The van der Waals surface area contributed by atoms with Crippen molar-refractivity contribution in [3.05, 3.63) is 82.7 Å². The maximum absolute atomic E-state index is 14.4. The predicted molar refractivity (Wildman–Crippen MR) is 119 cm³/mol. The van der Waals surface area contributed by atoms with Crippen molar-refractivity contribution in [2.24, 2.45) is 4.99 Å². The van der Waals surface area contributed by atoms with Crippen LogP contribution in [0.2, 0.25) is 0 Å². The zero-order valence-electron chi connectivity index (χ0n) is 18.2. The molecule has 3 aromatic heterocycles. The minimum absolute atomic E-state index is 0.00311. The van der Waals surface area contributed by atoms with Gasteiger partial charge in [-0.15, -0.1) is 0 Å². The quantitative estimate of drug-likeness (QED) is 0.343. The summed E-state index contributed by atoms with van der Waals surface area (Å²) in [6, 6.07) is 13.6. The summed E-state index contributed by atoms with van der Waals surface area (Å²) in [5.74, 6) is -3.64. The summed E-state index contributed by atoms with van der Waals surface area (Å²) in [7, 11) is 0. The van der Waals surface area contributed by atoms with Crippen LogP contribution in [0.5, 0.6) is 0 Å². The van der Waals surface area contributed by atoms with Gasteiger partial charge in [0.15, 0.2) is 16.9 Å². The number of hydrogen-bond donors (Lipinski definition) is 3. The second-order valence-corrected chi connectivity index (χ2v) is 7.56. The van der Waals surface area contributed by atoms with E-state index in [1.54, 1.807) is 18.2 Å². The van der Waals surface area contributed by atoms with E-state index in [1.807, 2.05) is 6.07 Å². The van der Waals surface area contributed by atoms with Gasteiger partial charge in [-0.1, -0.05) is 17.3 Å². The van der Waals surface area contributed by atoms with Crippen molar-refractivity contribution in [3.63, 3.8) is 0 Å². The van der Waals surface area contributed by atoms with E-state index >= 15 is 0 Å². The number of nitrogens with one attached hydrogen (secondary N) is 1. The van der Waals surface area contributed by atoms with Crippen molar-refractivity contribution in [1.82, 2.24) is 20.2 Å². The third kappa shape index (κ3) is 5.09. The maximum atomic E-state index is 14.4. The monoisotopic (exact) mass is 479 g/mol. The van der Waals surface area contributed by atoms with Gasteiger partial charge in [0.25, 0.3) is 0 Å². The number of aromatic nitrogens is 3. The number of rotatable bonds is 7. The third-order valence-electron chi connectivity index (χ3n) is 5.16. The lowest BCUT2D eigenvalue weighted by Gasteiger charge is -2.14. The Kier molecular flexibility index (Phi) is 6.41. The summed E-state index contributed by atoms with van der Waals surface area (Å²) in [5, 5.41) is 26.9. The van der Waals surface area contributed by atoms with Crippen LogP contribution in [0, 0.1) is 11.3 Å². The number of nitrogens with two attached hydrogens (primary N) is 1. The van der Waals surface area contributed by atoms with E-state index < -0.39 is 30.5 Å². The lowest BCUT2D eigenvalue weighted by atomic mass is 10.1. The van der Waals surface area contributed by atoms with Crippen molar-refractivity contribution in [3.8, 4) is 6.07 Å². The maximum Gasteiger partial charge on any atom is 0.308 e. The molecule has 35 heavy (non-hydrogen) atoms. The summed E-state index contributed by atoms with van der Waals surface area (Å²) >= 11 is 0. The molecule has 0 saturated heterocycles. The molecule has 0 saturated carbocycles. The van der Waals surface area contributed by atoms with Gasteiger partial charge in [-0.2, -0.15) is 18.8 Å². The second kappa shape index (κ2) is 9.60. The number of nitrogens with zero attached hydrogens (tertiary/aromatic N) is 5. The molecular formula is C23H19F2N7O3. The van der Waals surface area contributed by atoms with Gasteiger partial charge in [0.05, 0.1) is 23.1 Å². The van der Waals surface area contributed by atoms with Crippen LogP contribution in [0.25, 0.3) is 11.0 Å². The first-order valence-electron chi connectivity index (χ1n) is 10.3. The van der Waals surface area contributed by atoms with Crippen molar-refractivity contribution in [2.75, 3.05) is 12.3 Å². The van der Waals surface area contributed by atoms with Crippen LogP contribution in [0.3, 0.4) is 0 Å². The summed E-state index contributed by atoms with van der Waals surface area (Å²) in [6.45, 7) is -0.861. The number of alkyl halides is 2. The van der Waals surface area contributed by atoms with E-state index in [0.717, 1.165) is 0 Å². The van der Waals surface area contributed by atoms with E-state index in [1.165, 1.54) is 36.5 Å². The highest BCUT2D eigenvalue weighted by molar-refractivity contribution is 5.87. The number of carbonyl (C=O) groups excluding carboxylic acids is 1. The average Bonchev–Trinajstić information content (AvgIpc) is 3.23. The van der Waals surface area contributed by atoms with Crippen molar-refractivity contribution >= 4 is 22.7 Å². The Labute approximate surface area is 196 Å².